The number of nitrogens with zero attached hydrogens (tertiary/aromatic N) is 2. The Hall–Kier alpha value is -2.44. The number of oxazole rings is 1. The van der Waals surface area contributed by atoms with Gasteiger partial charge in [-0.3, -0.25) is 0 Å². The lowest BCUT2D eigenvalue weighted by atomic mass is 10.1. The molecule has 1 N–H and O–H groups in total. The number of aromatic nitrogens is 1. The predicted molar refractivity (Wildman–Crippen MR) is 123 cm³/mol. The van der Waals surface area contributed by atoms with Crippen molar-refractivity contribution in [2.75, 3.05) is 32.0 Å². The standard InChI is InChI=1S/C24H30N2O3S/c1-4-26(5-2)15-16-28-19-13-11-18(12-14-19)22-17-25-24(29-22)23(30-6-3)20-9-7-8-10-21(20)27/h7-14,17,23,27H,4-6,15-16H2,1-3H3. The minimum Gasteiger partial charge on any atom is -0.508 e. The van der Waals surface area contributed by atoms with E-state index in [2.05, 4.69) is 30.7 Å². The van der Waals surface area contributed by atoms with Crippen molar-refractivity contribution in [1.82, 2.24) is 9.88 Å². The molecule has 160 valence electrons. The van der Waals surface area contributed by atoms with E-state index in [9.17, 15) is 5.11 Å². The molecule has 5 nitrogen and oxygen atoms in total. The highest BCUT2D eigenvalue weighted by atomic mass is 32.2. The van der Waals surface area contributed by atoms with Crippen LogP contribution in [0.2, 0.25) is 0 Å². The Morgan fingerprint density at radius 3 is 2.47 bits per heavy atom. The Balaban J connectivity index is 1.70. The third kappa shape index (κ3) is 5.58. The topological polar surface area (TPSA) is 58.7 Å². The number of likely N-dealkylation sites (N-methyl/N-ethyl adjacent to an activating group) is 1. The Kier molecular flexibility index (Phi) is 8.22. The number of benzene rings is 2. The molecular formula is C24H30N2O3S. The van der Waals surface area contributed by atoms with Crippen LogP contribution in [0, 0.1) is 0 Å². The van der Waals surface area contributed by atoms with Gasteiger partial charge in [0, 0.05) is 17.7 Å². The first-order valence-corrected chi connectivity index (χ1v) is 11.5. The van der Waals surface area contributed by atoms with E-state index >= 15 is 0 Å². The second-order valence-corrected chi connectivity index (χ2v) is 8.24. The van der Waals surface area contributed by atoms with Gasteiger partial charge in [-0.2, -0.15) is 0 Å². The molecule has 0 saturated carbocycles. The van der Waals surface area contributed by atoms with Crippen LogP contribution < -0.4 is 4.74 Å². The van der Waals surface area contributed by atoms with Gasteiger partial charge in [0.2, 0.25) is 5.89 Å². The molecule has 0 saturated heterocycles. The summed E-state index contributed by atoms with van der Waals surface area (Å²) in [5.41, 5.74) is 1.76. The maximum Gasteiger partial charge on any atom is 0.212 e. The zero-order valence-corrected chi connectivity index (χ0v) is 18.7. The molecule has 1 aromatic heterocycles. The molecule has 3 aromatic rings. The van der Waals surface area contributed by atoms with Crippen molar-refractivity contribution < 1.29 is 14.3 Å². The molecule has 1 heterocycles. The summed E-state index contributed by atoms with van der Waals surface area (Å²) in [7, 11) is 0. The third-order valence-electron chi connectivity index (χ3n) is 5.01. The van der Waals surface area contributed by atoms with Crippen LogP contribution in [0.5, 0.6) is 11.5 Å². The van der Waals surface area contributed by atoms with Gasteiger partial charge in [-0.15, -0.1) is 11.8 Å². The average Bonchev–Trinajstić information content (AvgIpc) is 3.26. The van der Waals surface area contributed by atoms with Crippen molar-refractivity contribution >= 4 is 11.8 Å². The van der Waals surface area contributed by atoms with Gasteiger partial charge >= 0.3 is 0 Å². The van der Waals surface area contributed by atoms with Gasteiger partial charge in [0.15, 0.2) is 5.76 Å². The summed E-state index contributed by atoms with van der Waals surface area (Å²) in [6, 6.07) is 15.2. The summed E-state index contributed by atoms with van der Waals surface area (Å²) in [6.45, 7) is 10.1. The lowest BCUT2D eigenvalue weighted by Gasteiger charge is -2.18. The zero-order valence-electron chi connectivity index (χ0n) is 17.9. The van der Waals surface area contributed by atoms with E-state index in [1.165, 1.54) is 0 Å². The van der Waals surface area contributed by atoms with Gasteiger partial charge < -0.3 is 19.2 Å². The minimum absolute atomic E-state index is 0.146. The fraction of sp³-hybridized carbons (Fsp3) is 0.375. The normalized spacial score (nSPS) is 12.3. The lowest BCUT2D eigenvalue weighted by Crippen LogP contribution is -2.27. The van der Waals surface area contributed by atoms with Crippen molar-refractivity contribution in [3.05, 3.63) is 66.2 Å². The Bertz CT molecular complexity index is 907. The summed E-state index contributed by atoms with van der Waals surface area (Å²) in [5.74, 6) is 3.29. The number of hydrogen-bond acceptors (Lipinski definition) is 6. The molecule has 3 rings (SSSR count). The van der Waals surface area contributed by atoms with E-state index in [1.807, 2.05) is 42.5 Å². The highest BCUT2D eigenvalue weighted by Gasteiger charge is 2.22. The first kappa shape index (κ1) is 22.2. The van der Waals surface area contributed by atoms with Gasteiger partial charge in [0.1, 0.15) is 23.4 Å². The number of ether oxygens (including phenoxy) is 1. The SMILES string of the molecule is CCSC(c1ncc(-c2ccc(OCCN(CC)CC)cc2)o1)c1ccccc1O. The molecule has 0 amide bonds. The number of aromatic hydroxyl groups is 1. The van der Waals surface area contributed by atoms with E-state index in [1.54, 1.807) is 24.0 Å². The maximum absolute atomic E-state index is 10.3. The first-order chi connectivity index (χ1) is 14.7. The van der Waals surface area contributed by atoms with E-state index in [-0.39, 0.29) is 11.0 Å². The van der Waals surface area contributed by atoms with Gasteiger partial charge in [0.25, 0.3) is 0 Å². The number of para-hydroxylation sites is 1. The molecule has 2 aromatic carbocycles. The van der Waals surface area contributed by atoms with Crippen LogP contribution in [0.15, 0.2) is 59.1 Å². The molecule has 0 aliphatic heterocycles. The fourth-order valence-electron chi connectivity index (χ4n) is 3.26. The maximum atomic E-state index is 10.3. The van der Waals surface area contributed by atoms with Crippen molar-refractivity contribution in [3.8, 4) is 22.8 Å². The molecule has 0 fully saturated rings. The number of hydrogen-bond donors (Lipinski definition) is 1. The second kappa shape index (κ2) is 11.1. The summed E-state index contributed by atoms with van der Waals surface area (Å²) >= 11 is 1.68. The number of thioether (sulfide) groups is 1. The van der Waals surface area contributed by atoms with Crippen molar-refractivity contribution in [2.45, 2.75) is 26.0 Å². The molecule has 0 bridgehead atoms. The highest BCUT2D eigenvalue weighted by molar-refractivity contribution is 7.99. The molecule has 0 aliphatic carbocycles. The first-order valence-electron chi connectivity index (χ1n) is 10.5. The smallest absolute Gasteiger partial charge is 0.212 e. The summed E-state index contributed by atoms with van der Waals surface area (Å²) in [4.78, 5) is 6.84. The summed E-state index contributed by atoms with van der Waals surface area (Å²) in [5, 5.41) is 10.1. The molecule has 30 heavy (non-hydrogen) atoms. The van der Waals surface area contributed by atoms with E-state index in [4.69, 9.17) is 9.15 Å². The fourth-order valence-corrected chi connectivity index (χ4v) is 4.22. The van der Waals surface area contributed by atoms with E-state index in [0.29, 0.717) is 18.3 Å². The van der Waals surface area contributed by atoms with Crippen LogP contribution in [-0.4, -0.2) is 47.0 Å². The number of phenolic OH excluding ortho intramolecular Hbond substituents is 1. The second-order valence-electron chi connectivity index (χ2n) is 6.86. The average molecular weight is 427 g/mol. The number of rotatable bonds is 11. The molecule has 6 heteroatoms. The molecule has 0 spiro atoms. The predicted octanol–water partition coefficient (Wildman–Crippen LogP) is 5.61. The van der Waals surface area contributed by atoms with E-state index < -0.39 is 0 Å². The Morgan fingerprint density at radius 2 is 1.80 bits per heavy atom. The lowest BCUT2D eigenvalue weighted by molar-refractivity contribution is 0.223. The van der Waals surface area contributed by atoms with Crippen LogP contribution in [-0.2, 0) is 0 Å². The molecule has 1 atom stereocenters. The van der Waals surface area contributed by atoms with Gasteiger partial charge in [0.05, 0.1) is 6.20 Å². The van der Waals surface area contributed by atoms with Gasteiger partial charge in [-0.05, 0) is 49.2 Å². The molecular weight excluding hydrogens is 396 g/mol. The van der Waals surface area contributed by atoms with Gasteiger partial charge in [-0.1, -0.05) is 39.0 Å². The Labute approximate surface area is 183 Å². The molecule has 1 unspecified atom stereocenters. The highest BCUT2D eigenvalue weighted by Crippen LogP contribution is 2.40. The third-order valence-corrected chi connectivity index (χ3v) is 6.13. The monoisotopic (exact) mass is 426 g/mol. The summed E-state index contributed by atoms with van der Waals surface area (Å²) < 4.78 is 11.9. The minimum atomic E-state index is -0.146. The van der Waals surface area contributed by atoms with Crippen molar-refractivity contribution in [2.24, 2.45) is 0 Å². The zero-order chi connectivity index (χ0) is 21.3. The van der Waals surface area contributed by atoms with Crippen LogP contribution in [0.3, 0.4) is 0 Å². The van der Waals surface area contributed by atoms with Crippen LogP contribution >= 0.6 is 11.8 Å². The summed E-state index contributed by atoms with van der Waals surface area (Å²) in [6.07, 6.45) is 1.74. The molecule has 0 radical (unpaired) electrons. The van der Waals surface area contributed by atoms with Crippen LogP contribution in [0.4, 0.5) is 0 Å². The number of phenols is 1. The van der Waals surface area contributed by atoms with Crippen molar-refractivity contribution in [3.63, 3.8) is 0 Å². The Morgan fingerprint density at radius 1 is 1.07 bits per heavy atom. The quantitative estimate of drug-likeness (QED) is 0.430. The van der Waals surface area contributed by atoms with E-state index in [0.717, 1.165) is 42.3 Å². The van der Waals surface area contributed by atoms with Crippen molar-refractivity contribution in [1.29, 1.82) is 0 Å². The largest absolute Gasteiger partial charge is 0.508 e. The van der Waals surface area contributed by atoms with Crippen LogP contribution in [0.1, 0.15) is 37.5 Å². The van der Waals surface area contributed by atoms with Crippen LogP contribution in [0.25, 0.3) is 11.3 Å². The van der Waals surface area contributed by atoms with Gasteiger partial charge in [-0.25, -0.2) is 4.98 Å². The molecule has 0 aliphatic rings.